The lowest BCUT2D eigenvalue weighted by atomic mass is 10.0. The lowest BCUT2D eigenvalue weighted by Crippen LogP contribution is -2.15. The van der Waals surface area contributed by atoms with Crippen LogP contribution in [0.15, 0.2) is 11.6 Å². The van der Waals surface area contributed by atoms with Gasteiger partial charge in [0.2, 0.25) is 0 Å². The lowest BCUT2D eigenvalue weighted by Gasteiger charge is -2.07. The average molecular weight is 196 g/mol. The van der Waals surface area contributed by atoms with Gasteiger partial charge >= 0.3 is 5.97 Å². The Kier molecular flexibility index (Phi) is 3.35. The Bertz CT molecular complexity index is 251. The van der Waals surface area contributed by atoms with Crippen molar-refractivity contribution >= 4 is 5.97 Å². The number of allylic oxidation sites excluding steroid dienone is 2. The van der Waals surface area contributed by atoms with Crippen LogP contribution in [0.2, 0.25) is 0 Å². The van der Waals surface area contributed by atoms with Crippen LogP contribution in [0, 0.1) is 11.3 Å². The number of carbonyl (C=O) groups excluding carboxylic acids is 1. The van der Waals surface area contributed by atoms with Gasteiger partial charge < -0.3 is 4.74 Å². The van der Waals surface area contributed by atoms with Gasteiger partial charge in [-0.25, -0.2) is 0 Å². The molecule has 0 N–H and O–H groups in total. The molecule has 0 aromatic heterocycles. The van der Waals surface area contributed by atoms with E-state index in [1.807, 2.05) is 6.92 Å². The van der Waals surface area contributed by atoms with E-state index in [4.69, 9.17) is 4.74 Å². The molecule has 0 spiro atoms. The van der Waals surface area contributed by atoms with Crippen LogP contribution in [0.5, 0.6) is 0 Å². The van der Waals surface area contributed by atoms with Crippen molar-refractivity contribution in [1.82, 2.24) is 0 Å². The summed E-state index contributed by atoms with van der Waals surface area (Å²) in [5, 5.41) is 0. The molecule has 1 fully saturated rings. The summed E-state index contributed by atoms with van der Waals surface area (Å²) >= 11 is 0. The number of ether oxygens (including phenoxy) is 1. The van der Waals surface area contributed by atoms with Crippen molar-refractivity contribution in [3.8, 4) is 0 Å². The second-order valence-electron chi connectivity index (χ2n) is 4.67. The van der Waals surface area contributed by atoms with E-state index < -0.39 is 0 Å². The zero-order chi connectivity index (χ0) is 10.8. The standard InChI is InChI=1S/C12H20O2/c1-9(2)6-5-7-10-8-12(10,3)11(13)14-4/h6,10H,5,7-8H2,1-4H3. The third-order valence-corrected chi connectivity index (χ3v) is 3.13. The fraction of sp³-hybridized carbons (Fsp3) is 0.750. The fourth-order valence-corrected chi connectivity index (χ4v) is 1.93. The van der Waals surface area contributed by atoms with E-state index in [0.29, 0.717) is 5.92 Å². The Balaban J connectivity index is 2.32. The van der Waals surface area contributed by atoms with Gasteiger partial charge in [0.15, 0.2) is 0 Å². The highest BCUT2D eigenvalue weighted by molar-refractivity contribution is 5.79. The van der Waals surface area contributed by atoms with Crippen molar-refractivity contribution < 1.29 is 9.53 Å². The molecule has 0 bridgehead atoms. The predicted octanol–water partition coefficient (Wildman–Crippen LogP) is 2.93. The fourth-order valence-electron chi connectivity index (χ4n) is 1.93. The Morgan fingerprint density at radius 2 is 2.21 bits per heavy atom. The number of hydrogen-bond donors (Lipinski definition) is 0. The van der Waals surface area contributed by atoms with E-state index in [1.165, 1.54) is 12.7 Å². The molecule has 80 valence electrons. The molecule has 14 heavy (non-hydrogen) atoms. The van der Waals surface area contributed by atoms with Gasteiger partial charge in [0.1, 0.15) is 0 Å². The van der Waals surface area contributed by atoms with Gasteiger partial charge in [0.05, 0.1) is 12.5 Å². The summed E-state index contributed by atoms with van der Waals surface area (Å²) in [6.45, 7) is 6.21. The number of carbonyl (C=O) groups is 1. The van der Waals surface area contributed by atoms with Crippen LogP contribution in [0.3, 0.4) is 0 Å². The number of esters is 1. The largest absolute Gasteiger partial charge is 0.469 e. The van der Waals surface area contributed by atoms with Gasteiger partial charge in [0, 0.05) is 0 Å². The normalized spacial score (nSPS) is 29.6. The molecule has 1 rings (SSSR count). The first-order valence-corrected chi connectivity index (χ1v) is 5.22. The van der Waals surface area contributed by atoms with Gasteiger partial charge in [-0.15, -0.1) is 0 Å². The van der Waals surface area contributed by atoms with Crippen molar-refractivity contribution in [3.63, 3.8) is 0 Å². The topological polar surface area (TPSA) is 26.3 Å². The minimum atomic E-state index is -0.176. The molecule has 2 heteroatoms. The maximum atomic E-state index is 11.4. The molecule has 2 nitrogen and oxygen atoms in total. The minimum Gasteiger partial charge on any atom is -0.469 e. The molecular formula is C12H20O2. The number of hydrogen-bond acceptors (Lipinski definition) is 2. The Labute approximate surface area is 86.3 Å². The van der Waals surface area contributed by atoms with Gasteiger partial charge in [-0.05, 0) is 46.0 Å². The molecule has 0 aliphatic heterocycles. The summed E-state index contributed by atoms with van der Waals surface area (Å²) in [5.74, 6) is 0.491. The van der Waals surface area contributed by atoms with Crippen molar-refractivity contribution in [2.24, 2.45) is 11.3 Å². The van der Waals surface area contributed by atoms with Crippen LogP contribution < -0.4 is 0 Å². The van der Waals surface area contributed by atoms with Crippen molar-refractivity contribution in [2.45, 2.75) is 40.0 Å². The third-order valence-electron chi connectivity index (χ3n) is 3.13. The Morgan fingerprint density at radius 1 is 1.57 bits per heavy atom. The molecule has 1 aliphatic rings. The maximum absolute atomic E-state index is 11.4. The first-order valence-electron chi connectivity index (χ1n) is 5.22. The average Bonchev–Trinajstić information content (AvgIpc) is 2.77. The number of rotatable bonds is 4. The molecule has 0 aromatic rings. The van der Waals surface area contributed by atoms with Crippen molar-refractivity contribution in [1.29, 1.82) is 0 Å². The highest BCUT2D eigenvalue weighted by atomic mass is 16.5. The van der Waals surface area contributed by atoms with Gasteiger partial charge in [-0.2, -0.15) is 0 Å². The monoisotopic (exact) mass is 196 g/mol. The van der Waals surface area contributed by atoms with Gasteiger partial charge in [-0.1, -0.05) is 11.6 Å². The molecule has 0 saturated heterocycles. The summed E-state index contributed by atoms with van der Waals surface area (Å²) in [6, 6.07) is 0. The Morgan fingerprint density at radius 3 is 2.71 bits per heavy atom. The zero-order valence-corrected chi connectivity index (χ0v) is 9.59. The van der Waals surface area contributed by atoms with Crippen LogP contribution >= 0.6 is 0 Å². The van der Waals surface area contributed by atoms with E-state index in [0.717, 1.165) is 19.3 Å². The quantitative estimate of drug-likeness (QED) is 0.510. The smallest absolute Gasteiger partial charge is 0.311 e. The zero-order valence-electron chi connectivity index (χ0n) is 9.59. The van der Waals surface area contributed by atoms with E-state index in [1.54, 1.807) is 0 Å². The third kappa shape index (κ3) is 2.37. The summed E-state index contributed by atoms with van der Waals surface area (Å²) < 4.78 is 4.78. The molecule has 2 atom stereocenters. The van der Waals surface area contributed by atoms with Crippen LogP contribution in [-0.4, -0.2) is 13.1 Å². The first kappa shape index (κ1) is 11.3. The van der Waals surface area contributed by atoms with Crippen LogP contribution in [0.4, 0.5) is 0 Å². The van der Waals surface area contributed by atoms with E-state index in [2.05, 4.69) is 19.9 Å². The highest BCUT2D eigenvalue weighted by Crippen LogP contribution is 2.55. The summed E-state index contributed by atoms with van der Waals surface area (Å²) in [6.07, 6.45) is 5.42. The molecule has 1 saturated carbocycles. The van der Waals surface area contributed by atoms with E-state index in [-0.39, 0.29) is 11.4 Å². The first-order chi connectivity index (χ1) is 6.50. The Hall–Kier alpha value is -0.790. The minimum absolute atomic E-state index is 0.0419. The molecule has 0 radical (unpaired) electrons. The van der Waals surface area contributed by atoms with E-state index >= 15 is 0 Å². The molecule has 0 heterocycles. The molecule has 1 aliphatic carbocycles. The maximum Gasteiger partial charge on any atom is 0.311 e. The van der Waals surface area contributed by atoms with Crippen LogP contribution in [-0.2, 0) is 9.53 Å². The van der Waals surface area contributed by atoms with Crippen LogP contribution in [0.25, 0.3) is 0 Å². The second kappa shape index (κ2) is 4.16. The molecular weight excluding hydrogens is 176 g/mol. The molecule has 0 aromatic carbocycles. The number of methoxy groups -OCH3 is 1. The SMILES string of the molecule is COC(=O)C1(C)CC1CCC=C(C)C. The predicted molar refractivity (Wildman–Crippen MR) is 56.9 cm³/mol. The summed E-state index contributed by atoms with van der Waals surface area (Å²) in [7, 11) is 1.47. The van der Waals surface area contributed by atoms with Crippen LogP contribution in [0.1, 0.15) is 40.0 Å². The van der Waals surface area contributed by atoms with Gasteiger partial charge in [-0.3, -0.25) is 4.79 Å². The van der Waals surface area contributed by atoms with Crippen molar-refractivity contribution in [3.05, 3.63) is 11.6 Å². The molecule has 0 amide bonds. The summed E-state index contributed by atoms with van der Waals surface area (Å²) in [5.41, 5.74) is 1.18. The van der Waals surface area contributed by atoms with Crippen molar-refractivity contribution in [2.75, 3.05) is 7.11 Å². The van der Waals surface area contributed by atoms with Gasteiger partial charge in [0.25, 0.3) is 0 Å². The summed E-state index contributed by atoms with van der Waals surface area (Å²) in [4.78, 5) is 11.4. The lowest BCUT2D eigenvalue weighted by molar-refractivity contribution is -0.147. The second-order valence-corrected chi connectivity index (χ2v) is 4.67. The highest BCUT2D eigenvalue weighted by Gasteiger charge is 2.56. The molecule has 2 unspecified atom stereocenters. The van der Waals surface area contributed by atoms with E-state index in [9.17, 15) is 4.79 Å².